The van der Waals surface area contributed by atoms with Crippen molar-refractivity contribution in [1.82, 2.24) is 5.32 Å². The van der Waals surface area contributed by atoms with Crippen LogP contribution in [0.3, 0.4) is 0 Å². The average molecular weight is 355 g/mol. The molecule has 0 saturated carbocycles. The number of benzene rings is 2. The molecule has 1 N–H and O–H groups in total. The third-order valence-electron chi connectivity index (χ3n) is 3.19. The smallest absolute Gasteiger partial charge is 0.262 e. The van der Waals surface area contributed by atoms with E-state index in [0.29, 0.717) is 0 Å². The monoisotopic (exact) mass is 354 g/mol. The van der Waals surface area contributed by atoms with E-state index in [-0.39, 0.29) is 17.5 Å². The van der Waals surface area contributed by atoms with E-state index in [1.54, 1.807) is 6.08 Å². The van der Waals surface area contributed by atoms with Gasteiger partial charge in [-0.2, -0.15) is 5.26 Å². The summed E-state index contributed by atoms with van der Waals surface area (Å²) in [6.07, 6.45) is 1.58. The number of rotatable bonds is 4. The number of nitrogens with one attached hydrogen (secondary N) is 1. The maximum absolute atomic E-state index is 12.2. The number of halogens is 1. The lowest BCUT2D eigenvalue weighted by atomic mass is 10.1. The summed E-state index contributed by atoms with van der Waals surface area (Å²) in [5.74, 6) is -0.373. The first-order valence-corrected chi connectivity index (χ1v) is 7.62. The van der Waals surface area contributed by atoms with Crippen molar-refractivity contribution in [2.24, 2.45) is 0 Å². The van der Waals surface area contributed by atoms with Gasteiger partial charge < -0.3 is 5.32 Å². The molecule has 0 aromatic heterocycles. The molecule has 0 aliphatic heterocycles. The van der Waals surface area contributed by atoms with Crippen LogP contribution < -0.4 is 5.32 Å². The van der Waals surface area contributed by atoms with Crippen molar-refractivity contribution < 1.29 is 4.79 Å². The highest BCUT2D eigenvalue weighted by Crippen LogP contribution is 2.15. The van der Waals surface area contributed by atoms with E-state index in [4.69, 9.17) is 0 Å². The highest BCUT2D eigenvalue weighted by Gasteiger charge is 2.13. The van der Waals surface area contributed by atoms with Crippen molar-refractivity contribution in [1.29, 1.82) is 5.26 Å². The number of nitriles is 1. The molecule has 0 aliphatic carbocycles. The molecule has 2 aromatic rings. The summed E-state index contributed by atoms with van der Waals surface area (Å²) in [7, 11) is 0. The molecule has 110 valence electrons. The Morgan fingerprint density at radius 2 is 1.82 bits per heavy atom. The fourth-order valence-corrected chi connectivity index (χ4v) is 2.24. The van der Waals surface area contributed by atoms with Crippen molar-refractivity contribution in [3.63, 3.8) is 0 Å². The molecule has 4 heteroatoms. The SMILES string of the molecule is CC(NC(=O)/C(C#N)=C/c1ccc(Br)cc1)c1ccccc1. The van der Waals surface area contributed by atoms with Gasteiger partial charge in [-0.15, -0.1) is 0 Å². The highest BCUT2D eigenvalue weighted by molar-refractivity contribution is 9.10. The molecule has 0 aliphatic rings. The van der Waals surface area contributed by atoms with Crippen molar-refractivity contribution in [2.45, 2.75) is 13.0 Å². The van der Waals surface area contributed by atoms with Gasteiger partial charge in [-0.05, 0) is 36.3 Å². The molecule has 2 aromatic carbocycles. The zero-order valence-electron chi connectivity index (χ0n) is 12.1. The highest BCUT2D eigenvalue weighted by atomic mass is 79.9. The lowest BCUT2D eigenvalue weighted by Crippen LogP contribution is -2.27. The van der Waals surface area contributed by atoms with E-state index in [1.165, 1.54) is 0 Å². The van der Waals surface area contributed by atoms with Gasteiger partial charge in [-0.3, -0.25) is 4.79 Å². The molecule has 22 heavy (non-hydrogen) atoms. The van der Waals surface area contributed by atoms with Gasteiger partial charge in [0.05, 0.1) is 6.04 Å². The summed E-state index contributed by atoms with van der Waals surface area (Å²) >= 11 is 3.35. The summed E-state index contributed by atoms with van der Waals surface area (Å²) in [6.45, 7) is 1.89. The Kier molecular flexibility index (Phi) is 5.51. The van der Waals surface area contributed by atoms with Gasteiger partial charge in [0.1, 0.15) is 11.6 Å². The van der Waals surface area contributed by atoms with Crippen LogP contribution in [0.4, 0.5) is 0 Å². The molecule has 1 amide bonds. The minimum atomic E-state index is -0.373. The van der Waals surface area contributed by atoms with E-state index >= 15 is 0 Å². The lowest BCUT2D eigenvalue weighted by molar-refractivity contribution is -0.117. The minimum absolute atomic E-state index is 0.0881. The fourth-order valence-electron chi connectivity index (χ4n) is 1.97. The zero-order chi connectivity index (χ0) is 15.9. The van der Waals surface area contributed by atoms with Crippen LogP contribution in [0.5, 0.6) is 0 Å². The second-order valence-electron chi connectivity index (χ2n) is 4.83. The Labute approximate surface area is 138 Å². The second-order valence-corrected chi connectivity index (χ2v) is 5.74. The van der Waals surface area contributed by atoms with E-state index in [0.717, 1.165) is 15.6 Å². The summed E-state index contributed by atoms with van der Waals surface area (Å²) in [5, 5.41) is 12.0. The van der Waals surface area contributed by atoms with E-state index in [9.17, 15) is 10.1 Å². The molecule has 1 unspecified atom stereocenters. The first kappa shape index (κ1) is 16.0. The largest absolute Gasteiger partial charge is 0.345 e. The van der Waals surface area contributed by atoms with Crippen LogP contribution in [0.1, 0.15) is 24.1 Å². The molecule has 0 fully saturated rings. The van der Waals surface area contributed by atoms with Gasteiger partial charge in [0, 0.05) is 4.47 Å². The van der Waals surface area contributed by atoms with Crippen LogP contribution in [0, 0.1) is 11.3 Å². The summed E-state index contributed by atoms with van der Waals surface area (Å²) < 4.78 is 0.949. The number of amides is 1. The first-order chi connectivity index (χ1) is 10.6. The molecule has 0 bridgehead atoms. The van der Waals surface area contributed by atoms with Crippen molar-refractivity contribution >= 4 is 27.9 Å². The summed E-state index contributed by atoms with van der Waals surface area (Å²) in [4.78, 5) is 12.2. The minimum Gasteiger partial charge on any atom is -0.345 e. The molecule has 0 spiro atoms. The summed E-state index contributed by atoms with van der Waals surface area (Å²) in [5.41, 5.74) is 1.89. The van der Waals surface area contributed by atoms with E-state index in [1.807, 2.05) is 67.6 Å². The average Bonchev–Trinajstić information content (AvgIpc) is 2.55. The van der Waals surface area contributed by atoms with Crippen molar-refractivity contribution in [3.8, 4) is 6.07 Å². The Morgan fingerprint density at radius 1 is 1.18 bits per heavy atom. The first-order valence-electron chi connectivity index (χ1n) is 6.83. The van der Waals surface area contributed by atoms with Crippen LogP contribution in [-0.4, -0.2) is 5.91 Å². The van der Waals surface area contributed by atoms with Gasteiger partial charge in [-0.25, -0.2) is 0 Å². The van der Waals surface area contributed by atoms with Gasteiger partial charge in [0.25, 0.3) is 5.91 Å². The number of hydrogen-bond acceptors (Lipinski definition) is 2. The van der Waals surface area contributed by atoms with Gasteiger partial charge in [0.2, 0.25) is 0 Å². The Hall–Kier alpha value is -2.38. The van der Waals surface area contributed by atoms with Gasteiger partial charge in [0.15, 0.2) is 0 Å². The topological polar surface area (TPSA) is 52.9 Å². The molecular formula is C18H15BrN2O. The van der Waals surface area contributed by atoms with Crippen LogP contribution in [0.25, 0.3) is 6.08 Å². The normalized spacial score (nSPS) is 12.3. The van der Waals surface area contributed by atoms with Crippen molar-refractivity contribution in [2.75, 3.05) is 0 Å². The van der Waals surface area contributed by atoms with Crippen LogP contribution in [0.15, 0.2) is 64.6 Å². The zero-order valence-corrected chi connectivity index (χ0v) is 13.7. The van der Waals surface area contributed by atoms with Gasteiger partial charge in [-0.1, -0.05) is 58.4 Å². The fraction of sp³-hybridized carbons (Fsp3) is 0.111. The molecular weight excluding hydrogens is 340 g/mol. The Balaban J connectivity index is 2.12. The predicted octanol–water partition coefficient (Wildman–Crippen LogP) is 4.23. The number of nitrogens with zero attached hydrogens (tertiary/aromatic N) is 1. The molecule has 0 radical (unpaired) electrons. The predicted molar refractivity (Wildman–Crippen MR) is 90.7 cm³/mol. The maximum atomic E-state index is 12.2. The molecule has 3 nitrogen and oxygen atoms in total. The molecule has 0 heterocycles. The number of carbonyl (C=O) groups is 1. The number of hydrogen-bond donors (Lipinski definition) is 1. The standard InChI is InChI=1S/C18H15BrN2O/c1-13(15-5-3-2-4-6-15)21-18(22)16(12-20)11-14-7-9-17(19)10-8-14/h2-11,13H,1H3,(H,21,22)/b16-11+. The van der Waals surface area contributed by atoms with Crippen LogP contribution >= 0.6 is 15.9 Å². The maximum Gasteiger partial charge on any atom is 0.262 e. The third-order valence-corrected chi connectivity index (χ3v) is 3.72. The molecule has 1 atom stereocenters. The number of carbonyl (C=O) groups excluding carboxylic acids is 1. The Bertz CT molecular complexity index is 715. The quantitative estimate of drug-likeness (QED) is 0.659. The van der Waals surface area contributed by atoms with E-state index < -0.39 is 0 Å². The van der Waals surface area contributed by atoms with Crippen molar-refractivity contribution in [3.05, 3.63) is 75.8 Å². The Morgan fingerprint density at radius 3 is 2.41 bits per heavy atom. The summed E-state index contributed by atoms with van der Waals surface area (Å²) in [6, 6.07) is 18.9. The lowest BCUT2D eigenvalue weighted by Gasteiger charge is -2.13. The van der Waals surface area contributed by atoms with E-state index in [2.05, 4.69) is 21.2 Å². The van der Waals surface area contributed by atoms with Gasteiger partial charge >= 0.3 is 0 Å². The molecule has 0 saturated heterocycles. The third kappa shape index (κ3) is 4.31. The molecule has 2 rings (SSSR count). The van der Waals surface area contributed by atoms with Crippen LogP contribution in [-0.2, 0) is 4.79 Å². The second kappa shape index (κ2) is 7.58. The van der Waals surface area contributed by atoms with Crippen LogP contribution in [0.2, 0.25) is 0 Å².